The molecule has 0 spiro atoms. The number of fused-ring (bicyclic) bond motifs is 3. The molecule has 1 aliphatic heterocycles. The smallest absolute Gasteiger partial charge is 0.204 e. The Morgan fingerprint density at radius 3 is 2.38 bits per heavy atom. The highest BCUT2D eigenvalue weighted by molar-refractivity contribution is 5.79. The van der Waals surface area contributed by atoms with Crippen molar-refractivity contribution in [2.75, 3.05) is 5.32 Å². The molecule has 0 bridgehead atoms. The van der Waals surface area contributed by atoms with Crippen molar-refractivity contribution in [1.82, 2.24) is 9.55 Å². The van der Waals surface area contributed by atoms with Crippen LogP contribution in [0.5, 0.6) is 0 Å². The summed E-state index contributed by atoms with van der Waals surface area (Å²) < 4.78 is 15.6. The van der Waals surface area contributed by atoms with E-state index in [4.69, 9.17) is 4.98 Å². The highest BCUT2D eigenvalue weighted by atomic mass is 19.1. The number of aromatic nitrogens is 2. The van der Waals surface area contributed by atoms with Gasteiger partial charge >= 0.3 is 0 Å². The summed E-state index contributed by atoms with van der Waals surface area (Å²) in [6.07, 6.45) is 0.878. The molecule has 1 aliphatic rings. The van der Waals surface area contributed by atoms with Crippen LogP contribution in [0, 0.1) is 5.82 Å². The van der Waals surface area contributed by atoms with Crippen molar-refractivity contribution in [1.29, 1.82) is 0 Å². The summed E-state index contributed by atoms with van der Waals surface area (Å²) in [6.45, 7) is 0. The van der Waals surface area contributed by atoms with Gasteiger partial charge in [0.1, 0.15) is 5.82 Å². The zero-order valence-corrected chi connectivity index (χ0v) is 14.1. The highest BCUT2D eigenvalue weighted by Gasteiger charge is 2.30. The molecule has 0 fully saturated rings. The summed E-state index contributed by atoms with van der Waals surface area (Å²) in [4.78, 5) is 4.80. The SMILES string of the molecule is Fc1ccc([C@H]2C[C@@H](c3ccccc3)n3c(nc4ccccc43)N2)cc1. The minimum atomic E-state index is -0.212. The quantitative estimate of drug-likeness (QED) is 0.534. The van der Waals surface area contributed by atoms with Crippen LogP contribution < -0.4 is 5.32 Å². The number of rotatable bonds is 2. The first-order chi connectivity index (χ1) is 12.8. The first kappa shape index (κ1) is 15.1. The molecule has 2 heterocycles. The molecular weight excluding hydrogens is 325 g/mol. The Hall–Kier alpha value is -3.14. The summed E-state index contributed by atoms with van der Waals surface area (Å²) in [7, 11) is 0. The highest BCUT2D eigenvalue weighted by Crippen LogP contribution is 2.40. The molecule has 3 nitrogen and oxygen atoms in total. The van der Waals surface area contributed by atoms with Gasteiger partial charge in [-0.2, -0.15) is 0 Å². The fraction of sp³-hybridized carbons (Fsp3) is 0.136. The Bertz CT molecular complexity index is 1050. The lowest BCUT2D eigenvalue weighted by Crippen LogP contribution is -2.27. The number of para-hydroxylation sites is 2. The molecule has 4 heteroatoms. The number of nitrogens with one attached hydrogen (secondary N) is 1. The van der Waals surface area contributed by atoms with Crippen molar-refractivity contribution in [3.05, 3.63) is 95.8 Å². The van der Waals surface area contributed by atoms with Gasteiger partial charge in [-0.1, -0.05) is 54.6 Å². The monoisotopic (exact) mass is 343 g/mol. The third-order valence-corrected chi connectivity index (χ3v) is 5.13. The Kier molecular flexibility index (Phi) is 3.49. The Morgan fingerprint density at radius 1 is 0.846 bits per heavy atom. The first-order valence-electron chi connectivity index (χ1n) is 8.83. The zero-order valence-electron chi connectivity index (χ0n) is 14.1. The van der Waals surface area contributed by atoms with Gasteiger partial charge in [-0.05, 0) is 41.8 Å². The maximum absolute atomic E-state index is 13.3. The van der Waals surface area contributed by atoms with Crippen molar-refractivity contribution in [2.45, 2.75) is 18.5 Å². The Morgan fingerprint density at radius 2 is 1.58 bits per heavy atom. The average Bonchev–Trinajstić information content (AvgIpc) is 3.07. The molecule has 0 radical (unpaired) electrons. The van der Waals surface area contributed by atoms with E-state index in [1.165, 1.54) is 17.7 Å². The van der Waals surface area contributed by atoms with Crippen LogP contribution in [-0.4, -0.2) is 9.55 Å². The van der Waals surface area contributed by atoms with Crippen molar-refractivity contribution < 1.29 is 4.39 Å². The molecule has 26 heavy (non-hydrogen) atoms. The molecule has 128 valence electrons. The van der Waals surface area contributed by atoms with Crippen LogP contribution in [-0.2, 0) is 0 Å². The van der Waals surface area contributed by atoms with Gasteiger partial charge in [-0.3, -0.25) is 0 Å². The van der Waals surface area contributed by atoms with Gasteiger partial charge in [0.15, 0.2) is 0 Å². The lowest BCUT2D eigenvalue weighted by molar-refractivity contribution is 0.477. The van der Waals surface area contributed by atoms with Crippen LogP contribution in [0.3, 0.4) is 0 Å². The minimum absolute atomic E-state index is 0.0881. The molecule has 3 aromatic carbocycles. The molecule has 1 N–H and O–H groups in total. The molecular formula is C22H18FN3. The number of hydrogen-bond donors (Lipinski definition) is 1. The molecule has 0 saturated heterocycles. The average molecular weight is 343 g/mol. The Balaban J connectivity index is 1.66. The van der Waals surface area contributed by atoms with Gasteiger partial charge in [-0.15, -0.1) is 0 Å². The summed E-state index contributed by atoms with van der Waals surface area (Å²) in [5, 5.41) is 3.55. The maximum Gasteiger partial charge on any atom is 0.204 e. The number of imidazole rings is 1. The normalized spacial score (nSPS) is 19.1. The summed E-state index contributed by atoms with van der Waals surface area (Å²) in [5.74, 6) is 0.650. The van der Waals surface area contributed by atoms with Crippen molar-refractivity contribution in [2.24, 2.45) is 0 Å². The van der Waals surface area contributed by atoms with Crippen LogP contribution in [0.25, 0.3) is 11.0 Å². The molecule has 2 atom stereocenters. The molecule has 4 aromatic rings. The number of hydrogen-bond acceptors (Lipinski definition) is 2. The van der Waals surface area contributed by atoms with E-state index in [-0.39, 0.29) is 17.9 Å². The topological polar surface area (TPSA) is 29.9 Å². The van der Waals surface area contributed by atoms with Crippen LogP contribution in [0.1, 0.15) is 29.6 Å². The van der Waals surface area contributed by atoms with Gasteiger partial charge in [0.25, 0.3) is 0 Å². The van der Waals surface area contributed by atoms with E-state index >= 15 is 0 Å². The number of benzene rings is 3. The third kappa shape index (κ3) is 2.46. The van der Waals surface area contributed by atoms with E-state index in [0.717, 1.165) is 29.0 Å². The molecule has 0 aliphatic carbocycles. The molecule has 5 rings (SSSR count). The lowest BCUT2D eigenvalue weighted by atomic mass is 9.93. The van der Waals surface area contributed by atoms with Crippen LogP contribution in [0.4, 0.5) is 10.3 Å². The van der Waals surface area contributed by atoms with Crippen molar-refractivity contribution in [3.8, 4) is 0 Å². The fourth-order valence-electron chi connectivity index (χ4n) is 3.88. The van der Waals surface area contributed by atoms with Gasteiger partial charge in [0.05, 0.1) is 23.1 Å². The van der Waals surface area contributed by atoms with Crippen molar-refractivity contribution >= 4 is 17.0 Å². The van der Waals surface area contributed by atoms with Gasteiger partial charge in [-0.25, -0.2) is 9.37 Å². The summed E-state index contributed by atoms with van der Waals surface area (Å²) >= 11 is 0. The lowest BCUT2D eigenvalue weighted by Gasteiger charge is -2.33. The third-order valence-electron chi connectivity index (χ3n) is 5.13. The molecule has 1 aromatic heterocycles. The van der Waals surface area contributed by atoms with E-state index < -0.39 is 0 Å². The van der Waals surface area contributed by atoms with E-state index in [9.17, 15) is 4.39 Å². The van der Waals surface area contributed by atoms with Gasteiger partial charge < -0.3 is 9.88 Å². The van der Waals surface area contributed by atoms with E-state index in [0.29, 0.717) is 0 Å². The van der Waals surface area contributed by atoms with E-state index in [1.54, 1.807) is 0 Å². The number of nitrogens with zero attached hydrogens (tertiary/aromatic N) is 2. The molecule has 0 amide bonds. The predicted octanol–water partition coefficient (Wildman–Crippen LogP) is 5.32. The number of anilines is 1. The summed E-state index contributed by atoms with van der Waals surface area (Å²) in [5.41, 5.74) is 4.44. The van der Waals surface area contributed by atoms with Gasteiger partial charge in [0, 0.05) is 0 Å². The minimum Gasteiger partial charge on any atom is -0.349 e. The standard InChI is InChI=1S/C22H18FN3/c23-17-12-10-15(11-13-17)19-14-21(16-6-2-1-3-7-16)26-20-9-5-4-8-18(20)24-22(26)25-19/h1-13,19,21H,14H2,(H,24,25)/t19-,21+/m1/s1. The summed E-state index contributed by atoms with van der Waals surface area (Å²) in [6, 6.07) is 25.7. The fourth-order valence-corrected chi connectivity index (χ4v) is 3.88. The zero-order chi connectivity index (χ0) is 17.5. The first-order valence-corrected chi connectivity index (χ1v) is 8.83. The van der Waals surface area contributed by atoms with E-state index in [2.05, 4.69) is 40.2 Å². The second kappa shape index (κ2) is 5.99. The van der Waals surface area contributed by atoms with E-state index in [1.807, 2.05) is 36.4 Å². The predicted molar refractivity (Wildman–Crippen MR) is 102 cm³/mol. The van der Waals surface area contributed by atoms with Crippen LogP contribution in [0.15, 0.2) is 78.9 Å². The van der Waals surface area contributed by atoms with Gasteiger partial charge in [0.2, 0.25) is 5.95 Å². The largest absolute Gasteiger partial charge is 0.349 e. The Labute approximate surface area is 151 Å². The maximum atomic E-state index is 13.3. The number of halogens is 1. The van der Waals surface area contributed by atoms with Crippen LogP contribution >= 0.6 is 0 Å². The second-order valence-corrected chi connectivity index (χ2v) is 6.70. The second-order valence-electron chi connectivity index (χ2n) is 6.70. The van der Waals surface area contributed by atoms with Crippen LogP contribution in [0.2, 0.25) is 0 Å². The molecule has 0 unspecified atom stereocenters. The van der Waals surface area contributed by atoms with Crippen molar-refractivity contribution in [3.63, 3.8) is 0 Å². The molecule has 0 saturated carbocycles.